The first-order chi connectivity index (χ1) is 12.9. The summed E-state index contributed by atoms with van der Waals surface area (Å²) >= 11 is 0. The SMILES string of the molecule is CC(=O)N1CCN(C(=O)c2ccc(C(=O)Nc3ccc(C)cc3)cc2)CC1. The zero-order valence-corrected chi connectivity index (χ0v) is 15.6. The molecule has 1 saturated heterocycles. The van der Waals surface area contributed by atoms with Crippen LogP contribution < -0.4 is 5.32 Å². The summed E-state index contributed by atoms with van der Waals surface area (Å²) in [6.45, 7) is 5.68. The first kappa shape index (κ1) is 18.6. The third kappa shape index (κ3) is 4.53. The molecule has 1 fully saturated rings. The van der Waals surface area contributed by atoms with Crippen LogP contribution in [0.4, 0.5) is 5.69 Å². The largest absolute Gasteiger partial charge is 0.339 e. The number of carbonyl (C=O) groups is 3. The van der Waals surface area contributed by atoms with Gasteiger partial charge >= 0.3 is 0 Å². The van der Waals surface area contributed by atoms with Gasteiger partial charge in [-0.2, -0.15) is 0 Å². The lowest BCUT2D eigenvalue weighted by Gasteiger charge is -2.34. The molecule has 1 aliphatic heterocycles. The molecule has 140 valence electrons. The van der Waals surface area contributed by atoms with Gasteiger partial charge in [0, 0.05) is 49.9 Å². The monoisotopic (exact) mass is 365 g/mol. The third-order valence-electron chi connectivity index (χ3n) is 4.72. The summed E-state index contributed by atoms with van der Waals surface area (Å²) in [6, 6.07) is 14.2. The van der Waals surface area contributed by atoms with E-state index in [0.29, 0.717) is 37.3 Å². The number of hydrogen-bond donors (Lipinski definition) is 1. The third-order valence-corrected chi connectivity index (χ3v) is 4.72. The molecule has 2 aromatic rings. The van der Waals surface area contributed by atoms with Crippen LogP contribution in [0.3, 0.4) is 0 Å². The van der Waals surface area contributed by atoms with Gasteiger partial charge in [0.1, 0.15) is 0 Å². The fourth-order valence-corrected chi connectivity index (χ4v) is 3.01. The Kier molecular flexibility index (Phi) is 5.54. The molecule has 1 heterocycles. The summed E-state index contributed by atoms with van der Waals surface area (Å²) in [4.78, 5) is 39.8. The van der Waals surface area contributed by atoms with Gasteiger partial charge in [-0.3, -0.25) is 14.4 Å². The molecule has 27 heavy (non-hydrogen) atoms. The predicted molar refractivity (Wildman–Crippen MR) is 104 cm³/mol. The van der Waals surface area contributed by atoms with E-state index < -0.39 is 0 Å². The first-order valence-corrected chi connectivity index (χ1v) is 8.97. The minimum Gasteiger partial charge on any atom is -0.339 e. The van der Waals surface area contributed by atoms with E-state index in [9.17, 15) is 14.4 Å². The maximum atomic E-state index is 12.6. The molecule has 1 aliphatic rings. The van der Waals surface area contributed by atoms with Gasteiger partial charge in [-0.1, -0.05) is 17.7 Å². The van der Waals surface area contributed by atoms with Crippen molar-refractivity contribution in [2.75, 3.05) is 31.5 Å². The Labute approximate surface area is 158 Å². The number of nitrogens with zero attached hydrogens (tertiary/aromatic N) is 2. The lowest BCUT2D eigenvalue weighted by Crippen LogP contribution is -2.50. The average molecular weight is 365 g/mol. The van der Waals surface area contributed by atoms with E-state index in [2.05, 4.69) is 5.32 Å². The van der Waals surface area contributed by atoms with Crippen LogP contribution >= 0.6 is 0 Å². The van der Waals surface area contributed by atoms with Crippen LogP contribution in [0.2, 0.25) is 0 Å². The molecule has 0 radical (unpaired) electrons. The Bertz CT molecular complexity index is 836. The number of aryl methyl sites for hydroxylation is 1. The van der Waals surface area contributed by atoms with Crippen molar-refractivity contribution in [3.63, 3.8) is 0 Å². The smallest absolute Gasteiger partial charge is 0.255 e. The molecule has 2 aromatic carbocycles. The molecule has 0 atom stereocenters. The highest BCUT2D eigenvalue weighted by molar-refractivity contribution is 6.05. The van der Waals surface area contributed by atoms with Crippen molar-refractivity contribution in [3.05, 3.63) is 65.2 Å². The normalized spacial score (nSPS) is 14.0. The molecule has 0 aliphatic carbocycles. The average Bonchev–Trinajstić information content (AvgIpc) is 2.69. The van der Waals surface area contributed by atoms with E-state index >= 15 is 0 Å². The molecule has 6 nitrogen and oxygen atoms in total. The number of hydrogen-bond acceptors (Lipinski definition) is 3. The molecular weight excluding hydrogens is 342 g/mol. The molecule has 3 rings (SSSR count). The van der Waals surface area contributed by atoms with Gasteiger partial charge in [-0.25, -0.2) is 0 Å². The fraction of sp³-hybridized carbons (Fsp3) is 0.286. The minimum absolute atomic E-state index is 0.0334. The van der Waals surface area contributed by atoms with Crippen LogP contribution in [0, 0.1) is 6.92 Å². The molecule has 0 spiro atoms. The standard InChI is InChI=1S/C21H23N3O3/c1-15-3-9-19(10-4-15)22-20(26)17-5-7-18(8-6-17)21(27)24-13-11-23(12-14-24)16(2)25/h3-10H,11-14H2,1-2H3,(H,22,26). The summed E-state index contributed by atoms with van der Waals surface area (Å²) in [5, 5.41) is 2.84. The van der Waals surface area contributed by atoms with Crippen molar-refractivity contribution in [1.82, 2.24) is 9.80 Å². The minimum atomic E-state index is -0.215. The lowest BCUT2D eigenvalue weighted by molar-refractivity contribution is -0.130. The Hall–Kier alpha value is -3.15. The fourth-order valence-electron chi connectivity index (χ4n) is 3.01. The van der Waals surface area contributed by atoms with Crippen LogP contribution in [0.15, 0.2) is 48.5 Å². The van der Waals surface area contributed by atoms with E-state index in [0.717, 1.165) is 11.3 Å². The maximum absolute atomic E-state index is 12.6. The highest BCUT2D eigenvalue weighted by atomic mass is 16.2. The van der Waals surface area contributed by atoms with Crippen LogP contribution in [-0.2, 0) is 4.79 Å². The Balaban J connectivity index is 1.61. The van der Waals surface area contributed by atoms with Gasteiger partial charge in [0.2, 0.25) is 5.91 Å². The molecule has 1 N–H and O–H groups in total. The van der Waals surface area contributed by atoms with E-state index in [1.165, 1.54) is 6.92 Å². The Morgan fingerprint density at radius 3 is 1.85 bits per heavy atom. The second kappa shape index (κ2) is 8.03. The van der Waals surface area contributed by atoms with Crippen molar-refractivity contribution in [2.45, 2.75) is 13.8 Å². The molecular formula is C21H23N3O3. The van der Waals surface area contributed by atoms with Crippen LogP contribution in [0.25, 0.3) is 0 Å². The van der Waals surface area contributed by atoms with Crippen molar-refractivity contribution in [2.24, 2.45) is 0 Å². The number of benzene rings is 2. The summed E-state index contributed by atoms with van der Waals surface area (Å²) in [5.41, 5.74) is 2.89. The first-order valence-electron chi connectivity index (χ1n) is 8.97. The summed E-state index contributed by atoms with van der Waals surface area (Å²) in [5.74, 6) is -0.261. The topological polar surface area (TPSA) is 69.7 Å². The number of rotatable bonds is 3. The summed E-state index contributed by atoms with van der Waals surface area (Å²) in [7, 11) is 0. The Morgan fingerprint density at radius 1 is 0.778 bits per heavy atom. The van der Waals surface area contributed by atoms with Gasteiger partial charge in [0.05, 0.1) is 0 Å². The zero-order chi connectivity index (χ0) is 19.4. The molecule has 0 aromatic heterocycles. The van der Waals surface area contributed by atoms with Gasteiger partial charge in [0.15, 0.2) is 0 Å². The quantitative estimate of drug-likeness (QED) is 0.909. The molecule has 0 bridgehead atoms. The van der Waals surface area contributed by atoms with Crippen molar-refractivity contribution in [3.8, 4) is 0 Å². The molecule has 0 unspecified atom stereocenters. The highest BCUT2D eigenvalue weighted by Crippen LogP contribution is 2.13. The predicted octanol–water partition coefficient (Wildman–Crippen LogP) is 2.55. The second-order valence-electron chi connectivity index (χ2n) is 6.70. The zero-order valence-electron chi connectivity index (χ0n) is 15.6. The van der Waals surface area contributed by atoms with Crippen LogP contribution in [0.1, 0.15) is 33.2 Å². The van der Waals surface area contributed by atoms with Crippen molar-refractivity contribution >= 4 is 23.4 Å². The van der Waals surface area contributed by atoms with E-state index in [1.807, 2.05) is 31.2 Å². The van der Waals surface area contributed by atoms with Crippen LogP contribution in [0.5, 0.6) is 0 Å². The van der Waals surface area contributed by atoms with Gasteiger partial charge < -0.3 is 15.1 Å². The van der Waals surface area contributed by atoms with E-state index in [1.54, 1.807) is 34.1 Å². The lowest BCUT2D eigenvalue weighted by atomic mass is 10.1. The number of carbonyl (C=O) groups excluding carboxylic acids is 3. The number of amides is 3. The second-order valence-corrected chi connectivity index (χ2v) is 6.70. The summed E-state index contributed by atoms with van der Waals surface area (Å²) < 4.78 is 0. The van der Waals surface area contributed by atoms with Crippen LogP contribution in [-0.4, -0.2) is 53.7 Å². The maximum Gasteiger partial charge on any atom is 0.255 e. The molecule has 0 saturated carbocycles. The van der Waals surface area contributed by atoms with E-state index in [-0.39, 0.29) is 17.7 Å². The molecule has 6 heteroatoms. The molecule has 3 amide bonds. The number of nitrogens with one attached hydrogen (secondary N) is 1. The van der Waals surface area contributed by atoms with Gasteiger partial charge in [-0.15, -0.1) is 0 Å². The highest BCUT2D eigenvalue weighted by Gasteiger charge is 2.23. The number of piperazine rings is 1. The van der Waals surface area contributed by atoms with Gasteiger partial charge in [-0.05, 0) is 43.3 Å². The van der Waals surface area contributed by atoms with Crippen molar-refractivity contribution < 1.29 is 14.4 Å². The van der Waals surface area contributed by atoms with E-state index in [4.69, 9.17) is 0 Å². The van der Waals surface area contributed by atoms with Crippen molar-refractivity contribution in [1.29, 1.82) is 0 Å². The Morgan fingerprint density at radius 2 is 1.30 bits per heavy atom. The van der Waals surface area contributed by atoms with Gasteiger partial charge in [0.25, 0.3) is 11.8 Å². The number of anilines is 1. The summed E-state index contributed by atoms with van der Waals surface area (Å²) in [6.07, 6.45) is 0.